The normalized spacial score (nSPS) is 28.0. The molecule has 0 bridgehead atoms. The summed E-state index contributed by atoms with van der Waals surface area (Å²) in [5.41, 5.74) is 0.711. The highest BCUT2D eigenvalue weighted by molar-refractivity contribution is 5.80. The first-order valence-corrected chi connectivity index (χ1v) is 9.04. The maximum atomic E-state index is 14.2. The van der Waals surface area contributed by atoms with Crippen molar-refractivity contribution in [3.05, 3.63) is 35.1 Å². The van der Waals surface area contributed by atoms with Crippen LogP contribution >= 0.6 is 0 Å². The Morgan fingerprint density at radius 1 is 1.32 bits per heavy atom. The molecule has 0 aromatic heterocycles. The van der Waals surface area contributed by atoms with Gasteiger partial charge >= 0.3 is 12.0 Å². The lowest BCUT2D eigenvalue weighted by Crippen LogP contribution is -2.41. The van der Waals surface area contributed by atoms with Gasteiger partial charge in [0.15, 0.2) is 0 Å². The number of halogens is 1. The van der Waals surface area contributed by atoms with Crippen LogP contribution in [0, 0.1) is 17.2 Å². The van der Waals surface area contributed by atoms with Gasteiger partial charge in [-0.25, -0.2) is 9.18 Å². The Morgan fingerprint density at radius 3 is 2.76 bits per heavy atom. The summed E-state index contributed by atoms with van der Waals surface area (Å²) in [5.74, 6) is -0.559. The van der Waals surface area contributed by atoms with Crippen molar-refractivity contribution in [2.45, 2.75) is 44.6 Å². The number of carbonyl (C=O) groups excluding carboxylic acids is 1. The van der Waals surface area contributed by atoms with Crippen LogP contribution in [-0.4, -0.2) is 35.1 Å². The second-order valence-corrected chi connectivity index (χ2v) is 7.71. The first-order valence-electron chi connectivity index (χ1n) is 9.04. The lowest BCUT2D eigenvalue weighted by Gasteiger charge is -2.23. The average Bonchev–Trinajstić information content (AvgIpc) is 3.23. The lowest BCUT2D eigenvalue weighted by molar-refractivity contribution is -0.149. The fourth-order valence-corrected chi connectivity index (χ4v) is 4.45. The number of rotatable bonds is 4. The molecule has 1 aromatic carbocycles. The van der Waals surface area contributed by atoms with E-state index in [0.29, 0.717) is 24.4 Å². The molecule has 2 aliphatic carbocycles. The van der Waals surface area contributed by atoms with Gasteiger partial charge in [0.1, 0.15) is 5.82 Å². The molecule has 1 saturated heterocycles. The Balaban J connectivity index is 1.37. The van der Waals surface area contributed by atoms with Crippen LogP contribution in [0.1, 0.15) is 49.1 Å². The maximum Gasteiger partial charge on any atom is 0.317 e. The highest BCUT2D eigenvalue weighted by Crippen LogP contribution is 2.48. The van der Waals surface area contributed by atoms with Gasteiger partial charge in [-0.2, -0.15) is 0 Å². The molecule has 25 heavy (non-hydrogen) atoms. The van der Waals surface area contributed by atoms with E-state index in [4.69, 9.17) is 0 Å². The second kappa shape index (κ2) is 6.00. The highest BCUT2D eigenvalue weighted by atomic mass is 19.1. The fraction of sp³-hybridized carbons (Fsp3) is 0.579. The predicted molar refractivity (Wildman–Crippen MR) is 89.6 cm³/mol. The van der Waals surface area contributed by atoms with Crippen LogP contribution in [-0.2, 0) is 11.3 Å². The quantitative estimate of drug-likeness (QED) is 0.880. The molecule has 1 aromatic rings. The summed E-state index contributed by atoms with van der Waals surface area (Å²) in [5, 5.41) is 12.3. The van der Waals surface area contributed by atoms with E-state index in [-0.39, 0.29) is 30.9 Å². The fourth-order valence-electron chi connectivity index (χ4n) is 4.45. The monoisotopic (exact) mass is 346 g/mol. The van der Waals surface area contributed by atoms with E-state index in [1.807, 2.05) is 6.07 Å². The molecule has 1 heterocycles. The zero-order chi connectivity index (χ0) is 17.6. The molecule has 3 aliphatic rings. The van der Waals surface area contributed by atoms with Crippen molar-refractivity contribution < 1.29 is 19.1 Å². The maximum absolute atomic E-state index is 14.2. The number of aliphatic carboxylic acids is 1. The smallest absolute Gasteiger partial charge is 0.317 e. The van der Waals surface area contributed by atoms with Crippen LogP contribution in [0.15, 0.2) is 18.2 Å². The molecule has 0 radical (unpaired) electrons. The van der Waals surface area contributed by atoms with Crippen LogP contribution < -0.4 is 5.32 Å². The lowest BCUT2D eigenvalue weighted by atomic mass is 9.81. The van der Waals surface area contributed by atoms with Gasteiger partial charge in [-0.15, -0.1) is 0 Å². The van der Waals surface area contributed by atoms with Crippen molar-refractivity contribution in [1.29, 1.82) is 0 Å². The minimum absolute atomic E-state index is 0.0327. The van der Waals surface area contributed by atoms with E-state index >= 15 is 0 Å². The van der Waals surface area contributed by atoms with Gasteiger partial charge < -0.3 is 15.3 Å². The van der Waals surface area contributed by atoms with E-state index in [0.717, 1.165) is 31.2 Å². The topological polar surface area (TPSA) is 69.6 Å². The SMILES string of the molecule is O=C(NCc1ccc(C2CC2)cc1F)N1C[C@@H]2CCC[C@@]2(C(=O)O)C1. The molecule has 0 spiro atoms. The highest BCUT2D eigenvalue weighted by Gasteiger charge is 2.55. The molecule has 2 N–H and O–H groups in total. The van der Waals surface area contributed by atoms with Crippen molar-refractivity contribution in [3.63, 3.8) is 0 Å². The molecular weight excluding hydrogens is 323 g/mol. The largest absolute Gasteiger partial charge is 0.481 e. The summed E-state index contributed by atoms with van der Waals surface area (Å²) < 4.78 is 14.2. The van der Waals surface area contributed by atoms with Crippen molar-refractivity contribution in [1.82, 2.24) is 10.2 Å². The van der Waals surface area contributed by atoms with Crippen molar-refractivity contribution in [2.75, 3.05) is 13.1 Å². The number of benzene rings is 1. The summed E-state index contributed by atoms with van der Waals surface area (Å²) >= 11 is 0. The van der Waals surface area contributed by atoms with Crippen LogP contribution in [0.3, 0.4) is 0 Å². The van der Waals surface area contributed by atoms with Crippen molar-refractivity contribution in [2.24, 2.45) is 11.3 Å². The molecule has 2 amide bonds. The molecule has 1 aliphatic heterocycles. The third-order valence-electron chi connectivity index (χ3n) is 6.14. The summed E-state index contributed by atoms with van der Waals surface area (Å²) in [7, 11) is 0. The predicted octanol–water partition coefficient (Wildman–Crippen LogP) is 3.10. The van der Waals surface area contributed by atoms with Crippen LogP contribution in [0.5, 0.6) is 0 Å². The Morgan fingerprint density at radius 2 is 2.12 bits per heavy atom. The molecule has 5 nitrogen and oxygen atoms in total. The summed E-state index contributed by atoms with van der Waals surface area (Å²) in [6.07, 6.45) is 4.64. The molecule has 134 valence electrons. The number of nitrogens with zero attached hydrogens (tertiary/aromatic N) is 1. The zero-order valence-electron chi connectivity index (χ0n) is 14.1. The average molecular weight is 346 g/mol. The zero-order valence-corrected chi connectivity index (χ0v) is 14.1. The van der Waals surface area contributed by atoms with Crippen molar-refractivity contribution >= 4 is 12.0 Å². The van der Waals surface area contributed by atoms with Gasteiger partial charge in [-0.3, -0.25) is 4.79 Å². The van der Waals surface area contributed by atoms with E-state index in [1.165, 1.54) is 0 Å². The number of urea groups is 1. The number of likely N-dealkylation sites (tertiary alicyclic amines) is 1. The molecule has 0 unspecified atom stereocenters. The van der Waals surface area contributed by atoms with E-state index in [2.05, 4.69) is 5.32 Å². The molecule has 2 saturated carbocycles. The number of hydrogen-bond acceptors (Lipinski definition) is 2. The van der Waals surface area contributed by atoms with Gasteiger partial charge in [0, 0.05) is 25.2 Å². The molecule has 6 heteroatoms. The van der Waals surface area contributed by atoms with E-state index < -0.39 is 11.4 Å². The summed E-state index contributed by atoms with van der Waals surface area (Å²) in [6.45, 7) is 0.847. The standard InChI is InChI=1S/C19H23FN2O3/c20-16-8-13(12-3-4-12)5-6-14(16)9-21-18(25)22-10-15-2-1-7-19(15,11-22)17(23)24/h5-6,8,12,15H,1-4,7,9-11H2,(H,21,25)(H,23,24)/t15-,19+/m0/s1. The third-order valence-corrected chi connectivity index (χ3v) is 6.14. The van der Waals surface area contributed by atoms with Gasteiger partial charge in [-0.1, -0.05) is 18.6 Å². The van der Waals surface area contributed by atoms with Crippen LogP contribution in [0.4, 0.5) is 9.18 Å². The van der Waals surface area contributed by atoms with Crippen molar-refractivity contribution in [3.8, 4) is 0 Å². The molecule has 4 rings (SSSR count). The summed E-state index contributed by atoms with van der Waals surface area (Å²) in [4.78, 5) is 25.7. The van der Waals surface area contributed by atoms with Crippen LogP contribution in [0.2, 0.25) is 0 Å². The van der Waals surface area contributed by atoms with Gasteiger partial charge in [0.2, 0.25) is 0 Å². The van der Waals surface area contributed by atoms with Crippen LogP contribution in [0.25, 0.3) is 0 Å². The van der Waals surface area contributed by atoms with E-state index in [1.54, 1.807) is 17.0 Å². The number of carboxylic acids is 1. The number of carboxylic acid groups (broad SMARTS) is 1. The van der Waals surface area contributed by atoms with Gasteiger partial charge in [0.25, 0.3) is 0 Å². The number of amides is 2. The Hall–Kier alpha value is -2.11. The Labute approximate surface area is 146 Å². The van der Waals surface area contributed by atoms with E-state index in [9.17, 15) is 19.1 Å². The Bertz CT molecular complexity index is 719. The molecule has 3 fully saturated rings. The number of hydrogen-bond donors (Lipinski definition) is 2. The van der Waals surface area contributed by atoms with Gasteiger partial charge in [-0.05, 0) is 49.1 Å². The first kappa shape index (κ1) is 16.4. The number of nitrogens with one attached hydrogen (secondary N) is 1. The first-order chi connectivity index (χ1) is 12.0. The number of carbonyl (C=O) groups is 2. The third kappa shape index (κ3) is 2.87. The number of fused-ring (bicyclic) bond motifs is 1. The minimum Gasteiger partial charge on any atom is -0.481 e. The molecular formula is C19H23FN2O3. The summed E-state index contributed by atoms with van der Waals surface area (Å²) in [6, 6.07) is 4.93. The Kier molecular flexibility index (Phi) is 3.93. The molecule has 2 atom stereocenters. The van der Waals surface area contributed by atoms with Gasteiger partial charge in [0.05, 0.1) is 5.41 Å². The second-order valence-electron chi connectivity index (χ2n) is 7.71. The minimum atomic E-state index is -0.799.